The Hall–Kier alpha value is -0.100. The van der Waals surface area contributed by atoms with Crippen molar-refractivity contribution in [2.45, 2.75) is 25.5 Å². The highest BCUT2D eigenvalue weighted by molar-refractivity contribution is 9.10. The van der Waals surface area contributed by atoms with E-state index in [0.29, 0.717) is 15.1 Å². The lowest BCUT2D eigenvalue weighted by Crippen LogP contribution is -2.25. The van der Waals surface area contributed by atoms with Crippen molar-refractivity contribution in [1.82, 2.24) is 4.98 Å². The molecule has 0 radical (unpaired) electrons. The fourth-order valence-electron chi connectivity index (χ4n) is 0.787. The van der Waals surface area contributed by atoms with Crippen LogP contribution in [-0.2, 0) is 11.4 Å². The lowest BCUT2D eigenvalue weighted by atomic mass is 10.3. The molecule has 0 aliphatic rings. The van der Waals surface area contributed by atoms with E-state index in [2.05, 4.69) is 25.3 Å². The van der Waals surface area contributed by atoms with Gasteiger partial charge in [-0.25, -0.2) is 0 Å². The fraction of sp³-hybridized carbons (Fsp3) is 0.400. The Kier molecular flexibility index (Phi) is 4.79. The van der Waals surface area contributed by atoms with Gasteiger partial charge in [0.2, 0.25) is 0 Å². The maximum Gasteiger partial charge on any atom is 0.144 e. The highest BCUT2D eigenvalue weighted by Gasteiger charge is 2.25. The maximum atomic E-state index is 11.7. The van der Waals surface area contributed by atoms with E-state index in [0.717, 1.165) is 0 Å². The largest absolute Gasteiger partial charge is 0.591 e. The molecular weight excluding hydrogens is 312 g/mol. The van der Waals surface area contributed by atoms with Gasteiger partial charge in [-0.3, -0.25) is 4.98 Å². The molecular formula is C10H12BrClN2OS. The van der Waals surface area contributed by atoms with Crippen LogP contribution < -0.4 is 0 Å². The van der Waals surface area contributed by atoms with E-state index in [4.69, 9.17) is 11.6 Å². The van der Waals surface area contributed by atoms with Crippen LogP contribution in [0.5, 0.6) is 0 Å². The molecule has 16 heavy (non-hydrogen) atoms. The Morgan fingerprint density at radius 2 is 2.12 bits per heavy atom. The van der Waals surface area contributed by atoms with E-state index in [-0.39, 0.29) is 4.75 Å². The normalized spacial score (nSPS) is 14.4. The molecule has 0 amide bonds. The van der Waals surface area contributed by atoms with Crippen LogP contribution >= 0.6 is 27.5 Å². The van der Waals surface area contributed by atoms with Crippen molar-refractivity contribution >= 4 is 45.1 Å². The molecule has 1 heterocycles. The number of hydrogen-bond acceptors (Lipinski definition) is 3. The van der Waals surface area contributed by atoms with Crippen LogP contribution in [0.3, 0.4) is 0 Å². The zero-order chi connectivity index (χ0) is 12.3. The fourth-order valence-corrected chi connectivity index (χ4v) is 1.81. The second-order valence-electron chi connectivity index (χ2n) is 4.12. The van der Waals surface area contributed by atoms with Crippen LogP contribution in [0.1, 0.15) is 26.3 Å². The smallest absolute Gasteiger partial charge is 0.144 e. The molecule has 0 bridgehead atoms. The summed E-state index contributed by atoms with van der Waals surface area (Å²) in [6.07, 6.45) is 4.66. The molecule has 3 nitrogen and oxygen atoms in total. The van der Waals surface area contributed by atoms with Crippen molar-refractivity contribution in [2.75, 3.05) is 0 Å². The SMILES string of the molecule is CC(C)(C)[S+]([O-])N=Cc1cncc(Br)c1Cl. The Morgan fingerprint density at radius 1 is 1.50 bits per heavy atom. The highest BCUT2D eigenvalue weighted by Crippen LogP contribution is 2.24. The predicted molar refractivity (Wildman–Crippen MR) is 72.4 cm³/mol. The van der Waals surface area contributed by atoms with Crippen molar-refractivity contribution < 1.29 is 4.55 Å². The molecule has 1 atom stereocenters. The van der Waals surface area contributed by atoms with Crippen molar-refractivity contribution in [3.05, 3.63) is 27.5 Å². The molecule has 0 N–H and O–H groups in total. The third kappa shape index (κ3) is 3.73. The maximum absolute atomic E-state index is 11.7. The van der Waals surface area contributed by atoms with Gasteiger partial charge in [-0.15, -0.1) is 0 Å². The third-order valence-corrected chi connectivity index (χ3v) is 4.27. The number of pyridine rings is 1. The van der Waals surface area contributed by atoms with Gasteiger partial charge in [0, 0.05) is 18.0 Å². The molecule has 1 aromatic heterocycles. The second-order valence-corrected chi connectivity index (χ2v) is 7.29. The van der Waals surface area contributed by atoms with Crippen LogP contribution in [0.25, 0.3) is 0 Å². The summed E-state index contributed by atoms with van der Waals surface area (Å²) in [5, 5.41) is 0.518. The minimum atomic E-state index is -1.28. The first-order valence-corrected chi connectivity index (χ1v) is 6.85. The molecule has 0 fully saturated rings. The lowest BCUT2D eigenvalue weighted by Gasteiger charge is -2.17. The molecule has 0 spiro atoms. The average molecular weight is 324 g/mol. The van der Waals surface area contributed by atoms with Gasteiger partial charge in [0.15, 0.2) is 0 Å². The van der Waals surface area contributed by atoms with Crippen LogP contribution in [0.4, 0.5) is 0 Å². The molecule has 0 saturated heterocycles. The summed E-state index contributed by atoms with van der Waals surface area (Å²) >= 11 is 7.99. The third-order valence-electron chi connectivity index (χ3n) is 1.68. The number of nitrogens with zero attached hydrogens (tertiary/aromatic N) is 2. The monoisotopic (exact) mass is 322 g/mol. The van der Waals surface area contributed by atoms with Gasteiger partial charge in [-0.1, -0.05) is 16.0 Å². The van der Waals surface area contributed by atoms with E-state index in [1.165, 1.54) is 6.21 Å². The van der Waals surface area contributed by atoms with E-state index < -0.39 is 11.4 Å². The summed E-state index contributed by atoms with van der Waals surface area (Å²) in [5.41, 5.74) is 0.647. The van der Waals surface area contributed by atoms with Crippen LogP contribution in [-0.4, -0.2) is 20.5 Å². The summed E-state index contributed by atoms with van der Waals surface area (Å²) < 4.78 is 16.0. The van der Waals surface area contributed by atoms with Crippen molar-refractivity contribution in [2.24, 2.45) is 4.40 Å². The van der Waals surface area contributed by atoms with E-state index in [9.17, 15) is 4.55 Å². The molecule has 88 valence electrons. The average Bonchev–Trinajstić information content (AvgIpc) is 2.18. The number of halogens is 2. The molecule has 1 aromatic rings. The molecule has 0 aliphatic carbocycles. The first-order chi connectivity index (χ1) is 7.32. The Bertz CT molecular complexity index is 406. The zero-order valence-electron chi connectivity index (χ0n) is 9.20. The summed E-state index contributed by atoms with van der Waals surface area (Å²) in [6, 6.07) is 0. The zero-order valence-corrected chi connectivity index (χ0v) is 12.4. The number of hydrogen-bond donors (Lipinski definition) is 0. The molecule has 6 heteroatoms. The number of aromatic nitrogens is 1. The van der Waals surface area contributed by atoms with Gasteiger partial charge in [0.05, 0.1) is 15.7 Å². The molecule has 0 aromatic carbocycles. The van der Waals surface area contributed by atoms with E-state index in [1.807, 2.05) is 20.8 Å². The van der Waals surface area contributed by atoms with E-state index in [1.54, 1.807) is 12.4 Å². The minimum Gasteiger partial charge on any atom is -0.591 e. The minimum absolute atomic E-state index is 0.373. The van der Waals surface area contributed by atoms with E-state index >= 15 is 0 Å². The Balaban J connectivity index is 2.89. The standard InChI is InChI=1S/C10H12BrClN2OS/c1-10(2,3)16(15)14-5-7-4-13-6-8(11)9(7)12/h4-6H,1-3H3. The molecule has 1 rings (SSSR count). The van der Waals surface area contributed by atoms with Crippen LogP contribution in [0, 0.1) is 0 Å². The predicted octanol–water partition coefficient (Wildman–Crippen LogP) is 3.38. The summed E-state index contributed by atoms with van der Waals surface area (Å²) in [5.74, 6) is 0. The molecule has 1 unspecified atom stereocenters. The van der Waals surface area contributed by atoms with Crippen LogP contribution in [0.15, 0.2) is 21.3 Å². The van der Waals surface area contributed by atoms with Gasteiger partial charge in [0.1, 0.15) is 16.1 Å². The second kappa shape index (κ2) is 5.49. The Morgan fingerprint density at radius 3 is 2.69 bits per heavy atom. The van der Waals surface area contributed by atoms with Gasteiger partial charge < -0.3 is 4.55 Å². The lowest BCUT2D eigenvalue weighted by molar-refractivity contribution is 0.562. The van der Waals surface area contributed by atoms with Gasteiger partial charge in [0.25, 0.3) is 0 Å². The molecule has 0 aliphatic heterocycles. The Labute approximate surface area is 112 Å². The van der Waals surface area contributed by atoms with Crippen molar-refractivity contribution in [3.63, 3.8) is 0 Å². The molecule has 0 saturated carbocycles. The highest BCUT2D eigenvalue weighted by atomic mass is 79.9. The van der Waals surface area contributed by atoms with Gasteiger partial charge in [-0.2, -0.15) is 0 Å². The topological polar surface area (TPSA) is 48.3 Å². The van der Waals surface area contributed by atoms with Crippen LogP contribution in [0.2, 0.25) is 5.02 Å². The van der Waals surface area contributed by atoms with Gasteiger partial charge >= 0.3 is 0 Å². The summed E-state index contributed by atoms with van der Waals surface area (Å²) in [7, 11) is 0. The quantitative estimate of drug-likeness (QED) is 0.619. The first-order valence-electron chi connectivity index (χ1n) is 4.57. The number of rotatable bonds is 2. The van der Waals surface area contributed by atoms with Gasteiger partial charge in [-0.05, 0) is 36.7 Å². The summed E-state index contributed by atoms with van der Waals surface area (Å²) in [4.78, 5) is 3.96. The van der Waals surface area contributed by atoms with Crippen molar-refractivity contribution in [1.29, 1.82) is 0 Å². The first kappa shape index (κ1) is 14.0. The summed E-state index contributed by atoms with van der Waals surface area (Å²) in [6.45, 7) is 5.59. The van der Waals surface area contributed by atoms with Crippen molar-refractivity contribution in [3.8, 4) is 0 Å².